The number of amides is 1. The minimum absolute atomic E-state index is 0.107. The normalized spacial score (nSPS) is 16.9. The maximum atomic E-state index is 12.5. The van der Waals surface area contributed by atoms with Crippen molar-refractivity contribution in [2.45, 2.75) is 24.6 Å². The fourth-order valence-electron chi connectivity index (χ4n) is 2.65. The molecule has 1 aromatic heterocycles. The molecular weight excluding hydrogens is 337 g/mol. The van der Waals surface area contributed by atoms with Crippen LogP contribution in [0.15, 0.2) is 30.0 Å². The minimum atomic E-state index is -5.07. The summed E-state index contributed by atoms with van der Waals surface area (Å²) in [5.74, 6) is -2.64. The van der Waals surface area contributed by atoms with Gasteiger partial charge in [-0.1, -0.05) is 12.1 Å². The summed E-state index contributed by atoms with van der Waals surface area (Å²) in [5, 5.41) is 21.7. The van der Waals surface area contributed by atoms with E-state index in [-0.39, 0.29) is 24.2 Å². The van der Waals surface area contributed by atoms with Gasteiger partial charge in [-0.2, -0.15) is 18.4 Å². The van der Waals surface area contributed by atoms with Crippen LogP contribution in [0.25, 0.3) is 16.6 Å². The maximum Gasteiger partial charge on any atom is 0.471 e. The zero-order valence-corrected chi connectivity index (χ0v) is 13.1. The van der Waals surface area contributed by atoms with Gasteiger partial charge in [0.2, 0.25) is 0 Å². The van der Waals surface area contributed by atoms with Crippen molar-refractivity contribution in [3.63, 3.8) is 0 Å². The lowest BCUT2D eigenvalue weighted by Gasteiger charge is -2.19. The Labute approximate surface area is 140 Å². The first-order valence-electron chi connectivity index (χ1n) is 7.34. The van der Waals surface area contributed by atoms with Crippen LogP contribution < -0.4 is 5.32 Å². The molecule has 6 nitrogen and oxygen atoms in total. The summed E-state index contributed by atoms with van der Waals surface area (Å²) in [6.07, 6.45) is -4.86. The fourth-order valence-corrected chi connectivity index (χ4v) is 2.65. The second-order valence-electron chi connectivity index (χ2n) is 5.85. The lowest BCUT2D eigenvalue weighted by atomic mass is 10.1. The Morgan fingerprint density at radius 2 is 2.04 bits per heavy atom. The number of carbonyl (C=O) groups excluding carboxylic acids is 1. The predicted molar refractivity (Wildman–Crippen MR) is 82.0 cm³/mol. The number of rotatable bonds is 3. The van der Waals surface area contributed by atoms with E-state index in [1.807, 2.05) is 0 Å². The number of nitriles is 1. The van der Waals surface area contributed by atoms with Crippen LogP contribution in [0.5, 0.6) is 0 Å². The number of aromatic nitrogens is 2. The van der Waals surface area contributed by atoms with E-state index in [4.69, 9.17) is 0 Å². The van der Waals surface area contributed by atoms with Crippen molar-refractivity contribution < 1.29 is 23.1 Å². The Morgan fingerprint density at radius 3 is 2.56 bits per heavy atom. The molecule has 130 valence electrons. The number of carbonyl (C=O) groups is 1. The zero-order valence-electron chi connectivity index (χ0n) is 13.1. The van der Waals surface area contributed by atoms with Crippen LogP contribution in [0.1, 0.15) is 18.7 Å². The summed E-state index contributed by atoms with van der Waals surface area (Å²) in [6.45, 7) is 0. The number of halogens is 3. The number of alkyl halides is 3. The standard InChI is InChI=1S/C16H13F3N4O2/c1-23-11-5-3-2-4-10(11)21-13(23)9(8-20)12(24)15(6-7-15)22-14(25)16(17,18)19/h2-5,24H,6-7H2,1H3,(H,22,25)/b12-9-. The van der Waals surface area contributed by atoms with E-state index in [1.54, 1.807) is 47.3 Å². The molecule has 1 saturated carbocycles. The number of aliphatic hydroxyl groups excluding tert-OH is 1. The zero-order chi connectivity index (χ0) is 18.4. The van der Waals surface area contributed by atoms with Crippen molar-refractivity contribution in [3.8, 4) is 6.07 Å². The first-order chi connectivity index (χ1) is 11.7. The van der Waals surface area contributed by atoms with Gasteiger partial charge < -0.3 is 15.0 Å². The Morgan fingerprint density at radius 1 is 1.40 bits per heavy atom. The van der Waals surface area contributed by atoms with E-state index in [9.17, 15) is 28.3 Å². The molecule has 0 aliphatic heterocycles. The van der Waals surface area contributed by atoms with Crippen LogP contribution in [-0.4, -0.2) is 32.3 Å². The van der Waals surface area contributed by atoms with Crippen molar-refractivity contribution in [1.82, 2.24) is 14.9 Å². The first kappa shape index (κ1) is 16.8. The number of benzene rings is 1. The molecule has 1 aromatic carbocycles. The third kappa shape index (κ3) is 2.80. The van der Waals surface area contributed by atoms with Gasteiger partial charge in [0.25, 0.3) is 0 Å². The van der Waals surface area contributed by atoms with Crippen molar-refractivity contribution in [1.29, 1.82) is 5.26 Å². The van der Waals surface area contributed by atoms with Gasteiger partial charge in [-0.25, -0.2) is 4.98 Å². The quantitative estimate of drug-likeness (QED) is 0.657. The van der Waals surface area contributed by atoms with Gasteiger partial charge in [-0.3, -0.25) is 4.79 Å². The molecule has 3 rings (SSSR count). The fraction of sp³-hybridized carbons (Fsp3) is 0.312. The third-order valence-electron chi connectivity index (χ3n) is 4.17. The van der Waals surface area contributed by atoms with Crippen LogP contribution in [0.3, 0.4) is 0 Å². The molecule has 1 amide bonds. The van der Waals surface area contributed by atoms with E-state index >= 15 is 0 Å². The lowest BCUT2D eigenvalue weighted by molar-refractivity contribution is -0.174. The van der Waals surface area contributed by atoms with Crippen molar-refractivity contribution in [3.05, 3.63) is 35.8 Å². The van der Waals surface area contributed by atoms with Gasteiger partial charge >= 0.3 is 12.1 Å². The van der Waals surface area contributed by atoms with E-state index < -0.39 is 23.4 Å². The molecule has 1 aliphatic carbocycles. The highest BCUT2D eigenvalue weighted by Gasteiger charge is 2.54. The molecule has 2 N–H and O–H groups in total. The molecule has 0 unspecified atom stereocenters. The average Bonchev–Trinajstić information content (AvgIpc) is 3.27. The molecular formula is C16H13F3N4O2. The number of nitrogens with zero attached hydrogens (tertiary/aromatic N) is 3. The summed E-state index contributed by atoms with van der Waals surface area (Å²) >= 11 is 0. The number of fused-ring (bicyclic) bond motifs is 1. The summed E-state index contributed by atoms with van der Waals surface area (Å²) < 4.78 is 39.0. The molecule has 1 aliphatic rings. The van der Waals surface area contributed by atoms with Crippen molar-refractivity contribution in [2.75, 3.05) is 0 Å². The number of aliphatic hydroxyl groups is 1. The molecule has 0 bridgehead atoms. The lowest BCUT2D eigenvalue weighted by Crippen LogP contribution is -2.45. The van der Waals surface area contributed by atoms with E-state index in [0.29, 0.717) is 11.0 Å². The number of imidazole rings is 1. The minimum Gasteiger partial charge on any atom is -0.508 e. The summed E-state index contributed by atoms with van der Waals surface area (Å²) in [4.78, 5) is 15.5. The Kier molecular flexibility index (Phi) is 3.71. The number of para-hydroxylation sites is 2. The Bertz CT molecular complexity index is 933. The summed E-state index contributed by atoms with van der Waals surface area (Å²) in [7, 11) is 1.63. The van der Waals surface area contributed by atoms with E-state index in [2.05, 4.69) is 4.98 Å². The molecule has 1 fully saturated rings. The van der Waals surface area contributed by atoms with Gasteiger partial charge in [-0.05, 0) is 25.0 Å². The van der Waals surface area contributed by atoms with Gasteiger partial charge in [0, 0.05) is 7.05 Å². The predicted octanol–water partition coefficient (Wildman–Crippen LogP) is 2.58. The largest absolute Gasteiger partial charge is 0.508 e. The number of aryl methyl sites for hydroxylation is 1. The molecule has 0 saturated heterocycles. The summed E-state index contributed by atoms with van der Waals surface area (Å²) in [5.41, 5.74) is -0.568. The SMILES string of the molecule is Cn1c(/C(C#N)=C(\O)C2(NC(=O)C(F)(F)F)CC2)nc2ccccc21. The smallest absolute Gasteiger partial charge is 0.471 e. The van der Waals surface area contributed by atoms with Gasteiger partial charge in [0.1, 0.15) is 17.4 Å². The van der Waals surface area contributed by atoms with Crippen LogP contribution in [0.4, 0.5) is 13.2 Å². The Hall–Kier alpha value is -3.02. The van der Waals surface area contributed by atoms with Crippen LogP contribution in [0.2, 0.25) is 0 Å². The molecule has 25 heavy (non-hydrogen) atoms. The number of hydrogen-bond acceptors (Lipinski definition) is 4. The molecule has 0 spiro atoms. The molecule has 2 aromatic rings. The second kappa shape index (κ2) is 5.51. The van der Waals surface area contributed by atoms with Crippen LogP contribution in [-0.2, 0) is 11.8 Å². The number of hydrogen-bond donors (Lipinski definition) is 2. The molecule has 9 heteroatoms. The topological polar surface area (TPSA) is 90.9 Å². The van der Waals surface area contributed by atoms with Gasteiger partial charge in [0.15, 0.2) is 5.82 Å². The molecule has 1 heterocycles. The van der Waals surface area contributed by atoms with Crippen LogP contribution in [0, 0.1) is 11.3 Å². The highest BCUT2D eigenvalue weighted by atomic mass is 19.4. The highest BCUT2D eigenvalue weighted by molar-refractivity contribution is 5.87. The number of nitrogens with one attached hydrogen (secondary N) is 1. The van der Waals surface area contributed by atoms with E-state index in [0.717, 1.165) is 0 Å². The van der Waals surface area contributed by atoms with Gasteiger partial charge in [-0.15, -0.1) is 0 Å². The maximum absolute atomic E-state index is 12.5. The van der Waals surface area contributed by atoms with Crippen LogP contribution >= 0.6 is 0 Å². The first-order valence-corrected chi connectivity index (χ1v) is 7.34. The second-order valence-corrected chi connectivity index (χ2v) is 5.85. The average molecular weight is 350 g/mol. The van der Waals surface area contributed by atoms with E-state index in [1.165, 1.54) is 0 Å². The summed E-state index contributed by atoms with van der Waals surface area (Å²) in [6, 6.07) is 8.79. The Balaban J connectivity index is 2.05. The molecule has 0 radical (unpaired) electrons. The highest BCUT2D eigenvalue weighted by Crippen LogP contribution is 2.44. The number of allylic oxidation sites excluding steroid dienone is 1. The third-order valence-corrected chi connectivity index (χ3v) is 4.17. The monoisotopic (exact) mass is 350 g/mol. The van der Waals surface area contributed by atoms with Crippen molar-refractivity contribution >= 4 is 22.5 Å². The van der Waals surface area contributed by atoms with Gasteiger partial charge in [0.05, 0.1) is 16.6 Å². The molecule has 0 atom stereocenters. The van der Waals surface area contributed by atoms with Crippen molar-refractivity contribution in [2.24, 2.45) is 7.05 Å².